The lowest BCUT2D eigenvalue weighted by Crippen LogP contribution is -2.28. The minimum atomic E-state index is -0.895. The van der Waals surface area contributed by atoms with Crippen LogP contribution in [0, 0.1) is 11.6 Å². The summed E-state index contributed by atoms with van der Waals surface area (Å²) in [6, 6.07) is 2.01. The molecule has 2 heterocycles. The van der Waals surface area contributed by atoms with E-state index >= 15 is 8.78 Å². The molecule has 0 saturated carbocycles. The maximum atomic E-state index is 15.1. The van der Waals surface area contributed by atoms with Gasteiger partial charge in [-0.25, -0.2) is 13.6 Å². The predicted octanol–water partition coefficient (Wildman–Crippen LogP) is 6.11. The largest absolute Gasteiger partial charge is 0.442 e. The van der Waals surface area contributed by atoms with Gasteiger partial charge in [-0.3, -0.25) is 9.48 Å². The van der Waals surface area contributed by atoms with Gasteiger partial charge in [-0.2, -0.15) is 14.9 Å². The zero-order chi connectivity index (χ0) is 27.7. The average molecular weight is 532 g/mol. The monoisotopic (exact) mass is 531 g/mol. The van der Waals surface area contributed by atoms with Crippen LogP contribution >= 0.6 is 11.6 Å². The number of amides is 1. The minimum Gasteiger partial charge on any atom is -0.442 e. The second-order valence-electron chi connectivity index (χ2n) is 9.39. The molecule has 37 heavy (non-hydrogen) atoms. The van der Waals surface area contributed by atoms with Crippen molar-refractivity contribution in [3.63, 3.8) is 0 Å². The van der Waals surface area contributed by atoms with Crippen molar-refractivity contribution in [2.75, 3.05) is 5.32 Å². The van der Waals surface area contributed by atoms with Gasteiger partial charge in [0.15, 0.2) is 0 Å². The molecule has 3 aromatic rings. The molecule has 1 atom stereocenters. The molecule has 1 N–H and O–H groups in total. The molecule has 11 heteroatoms. The first-order chi connectivity index (χ1) is 17.2. The number of nitrogens with zero attached hydrogens (tertiary/aromatic N) is 4. The summed E-state index contributed by atoms with van der Waals surface area (Å²) in [6.45, 7) is 11.9. The molecule has 0 bridgehead atoms. The number of benzene rings is 1. The number of aromatic nitrogens is 4. The standard InChI is InChI=1S/C26H28ClF2N5O3/c1-8-21-18(9-14(2)22-19(28)10-17(11-20(22)29)31-24(35)15(3)27)23(16-12-30-33(7)13-16)32-34(21)25(36)37-26(4,5)6/h8-13,15H,1H2,2-7H3,(H,31,35)/b14-9+. The maximum absolute atomic E-state index is 15.1. The van der Waals surface area contributed by atoms with E-state index in [-0.39, 0.29) is 22.5 Å². The molecule has 1 aromatic carbocycles. The van der Waals surface area contributed by atoms with Crippen molar-refractivity contribution in [2.45, 2.75) is 45.6 Å². The van der Waals surface area contributed by atoms with Crippen molar-refractivity contribution in [1.29, 1.82) is 0 Å². The molecule has 1 unspecified atom stereocenters. The van der Waals surface area contributed by atoms with Gasteiger partial charge in [-0.1, -0.05) is 6.58 Å². The lowest BCUT2D eigenvalue weighted by atomic mass is 10.00. The Kier molecular flexibility index (Phi) is 8.02. The van der Waals surface area contributed by atoms with Gasteiger partial charge in [0.2, 0.25) is 5.91 Å². The molecule has 1 amide bonds. The zero-order valence-electron chi connectivity index (χ0n) is 21.4. The fraction of sp³-hybridized carbons (Fsp3) is 0.308. The number of hydrogen-bond donors (Lipinski definition) is 1. The van der Waals surface area contributed by atoms with Gasteiger partial charge >= 0.3 is 6.09 Å². The fourth-order valence-corrected chi connectivity index (χ4v) is 3.59. The van der Waals surface area contributed by atoms with Gasteiger partial charge < -0.3 is 10.1 Å². The summed E-state index contributed by atoms with van der Waals surface area (Å²) in [7, 11) is 1.72. The van der Waals surface area contributed by atoms with Crippen LogP contribution in [0.4, 0.5) is 19.3 Å². The number of carbonyl (C=O) groups is 2. The highest BCUT2D eigenvalue weighted by Gasteiger charge is 2.26. The van der Waals surface area contributed by atoms with E-state index in [1.54, 1.807) is 44.9 Å². The molecule has 0 fully saturated rings. The molecule has 0 aliphatic heterocycles. The molecule has 196 valence electrons. The summed E-state index contributed by atoms with van der Waals surface area (Å²) in [5.41, 5.74) is 0.614. The molecule has 0 saturated heterocycles. The Hall–Kier alpha value is -3.79. The summed E-state index contributed by atoms with van der Waals surface area (Å²) < 4.78 is 38.2. The second-order valence-corrected chi connectivity index (χ2v) is 10.0. The average Bonchev–Trinajstić information content (AvgIpc) is 3.35. The van der Waals surface area contributed by atoms with E-state index in [0.717, 1.165) is 16.8 Å². The van der Waals surface area contributed by atoms with Crippen LogP contribution in [0.3, 0.4) is 0 Å². The Balaban J connectivity index is 2.16. The number of halogens is 3. The summed E-state index contributed by atoms with van der Waals surface area (Å²) >= 11 is 5.72. The van der Waals surface area contributed by atoms with Crippen molar-refractivity contribution < 1.29 is 23.1 Å². The van der Waals surface area contributed by atoms with E-state index < -0.39 is 34.6 Å². The first-order valence-corrected chi connectivity index (χ1v) is 11.8. The van der Waals surface area contributed by atoms with E-state index in [9.17, 15) is 9.59 Å². The summed E-state index contributed by atoms with van der Waals surface area (Å²) in [6.07, 6.45) is 5.42. The van der Waals surface area contributed by atoms with E-state index in [2.05, 4.69) is 22.1 Å². The van der Waals surface area contributed by atoms with Gasteiger partial charge in [0.1, 0.15) is 28.3 Å². The van der Waals surface area contributed by atoms with Crippen molar-refractivity contribution in [1.82, 2.24) is 19.6 Å². The number of anilines is 1. The van der Waals surface area contributed by atoms with Crippen LogP contribution in [0.5, 0.6) is 0 Å². The maximum Gasteiger partial charge on any atom is 0.435 e. The Morgan fingerprint density at radius 1 is 1.24 bits per heavy atom. The molecule has 0 aliphatic rings. The van der Waals surface area contributed by atoms with Crippen molar-refractivity contribution in [3.05, 3.63) is 59.6 Å². The number of aryl methyl sites for hydroxylation is 1. The Morgan fingerprint density at radius 2 is 1.86 bits per heavy atom. The van der Waals surface area contributed by atoms with Gasteiger partial charge in [0, 0.05) is 35.6 Å². The normalized spacial score (nSPS) is 12.8. The summed E-state index contributed by atoms with van der Waals surface area (Å²) in [5, 5.41) is 10.1. The lowest BCUT2D eigenvalue weighted by molar-refractivity contribution is -0.115. The minimum absolute atomic E-state index is 0.0652. The number of carbonyl (C=O) groups excluding carboxylic acids is 2. The van der Waals surface area contributed by atoms with Crippen LogP contribution in [0.25, 0.3) is 29.0 Å². The van der Waals surface area contributed by atoms with E-state index in [0.29, 0.717) is 16.8 Å². The fourth-order valence-electron chi connectivity index (χ4n) is 3.54. The van der Waals surface area contributed by atoms with Crippen LogP contribution in [-0.4, -0.2) is 42.5 Å². The first-order valence-electron chi connectivity index (χ1n) is 11.3. The van der Waals surface area contributed by atoms with Crippen LogP contribution in [0.1, 0.15) is 51.4 Å². The highest BCUT2D eigenvalue weighted by molar-refractivity contribution is 6.32. The van der Waals surface area contributed by atoms with E-state index in [1.165, 1.54) is 26.0 Å². The lowest BCUT2D eigenvalue weighted by Gasteiger charge is -2.19. The second kappa shape index (κ2) is 10.7. The summed E-state index contributed by atoms with van der Waals surface area (Å²) in [5.74, 6) is -2.38. The summed E-state index contributed by atoms with van der Waals surface area (Å²) in [4.78, 5) is 24.7. The smallest absolute Gasteiger partial charge is 0.435 e. The molecule has 0 aliphatic carbocycles. The predicted molar refractivity (Wildman–Crippen MR) is 140 cm³/mol. The SMILES string of the molecule is C=Cc1c(/C=C(\C)c2c(F)cc(NC(=O)C(C)Cl)cc2F)c(-c2cnn(C)c2)nn1C(=O)OC(C)(C)C. The number of alkyl halides is 1. The Labute approximate surface area is 218 Å². The van der Waals surface area contributed by atoms with Crippen LogP contribution in [-0.2, 0) is 16.6 Å². The molecular weight excluding hydrogens is 504 g/mol. The number of rotatable bonds is 6. The number of ether oxygens (including phenoxy) is 1. The van der Waals surface area contributed by atoms with Gasteiger partial charge in [-0.15, -0.1) is 11.6 Å². The van der Waals surface area contributed by atoms with E-state index in [1.807, 2.05) is 0 Å². The third-order valence-corrected chi connectivity index (χ3v) is 5.32. The van der Waals surface area contributed by atoms with Crippen LogP contribution < -0.4 is 5.32 Å². The van der Waals surface area contributed by atoms with Crippen LogP contribution in [0.15, 0.2) is 31.1 Å². The molecule has 0 radical (unpaired) electrons. The highest BCUT2D eigenvalue weighted by atomic mass is 35.5. The van der Waals surface area contributed by atoms with Crippen LogP contribution in [0.2, 0.25) is 0 Å². The quantitative estimate of drug-likeness (QED) is 0.387. The third kappa shape index (κ3) is 6.32. The molecule has 0 spiro atoms. The van der Waals surface area contributed by atoms with Gasteiger partial charge in [-0.05, 0) is 64.5 Å². The highest BCUT2D eigenvalue weighted by Crippen LogP contribution is 2.33. The Morgan fingerprint density at radius 3 is 2.35 bits per heavy atom. The third-order valence-electron chi connectivity index (χ3n) is 5.12. The topological polar surface area (TPSA) is 91.0 Å². The van der Waals surface area contributed by atoms with Gasteiger partial charge in [0.05, 0.1) is 11.9 Å². The van der Waals surface area contributed by atoms with E-state index in [4.69, 9.17) is 16.3 Å². The molecule has 2 aromatic heterocycles. The number of allylic oxidation sites excluding steroid dienone is 1. The molecule has 8 nitrogen and oxygen atoms in total. The van der Waals surface area contributed by atoms with Crippen molar-refractivity contribution >= 4 is 47.0 Å². The number of nitrogens with one attached hydrogen (secondary N) is 1. The van der Waals surface area contributed by atoms with Crippen molar-refractivity contribution in [2.24, 2.45) is 7.05 Å². The number of hydrogen-bond acceptors (Lipinski definition) is 5. The van der Waals surface area contributed by atoms with Gasteiger partial charge in [0.25, 0.3) is 0 Å². The zero-order valence-corrected chi connectivity index (χ0v) is 22.2. The first kappa shape index (κ1) is 27.8. The molecule has 3 rings (SSSR count). The Bertz CT molecular complexity index is 1380. The van der Waals surface area contributed by atoms with Crippen molar-refractivity contribution in [3.8, 4) is 11.3 Å². The molecular formula is C26H28ClF2N5O3.